The standard InChI is InChI=1S/C11H12ClNO5S/c12-9-3-1-8(2-4-9)5-6-19(17,18)13-7-10(14)11(15)16/h1-6,10,13-14H,7H2,(H,15,16)/b6-5+/t10-/m0/s1. The molecule has 104 valence electrons. The van der Waals surface area contributed by atoms with Crippen LogP contribution >= 0.6 is 11.6 Å². The molecule has 0 aliphatic heterocycles. The fourth-order valence-corrected chi connectivity index (χ4v) is 2.02. The van der Waals surface area contributed by atoms with Crippen LogP contribution < -0.4 is 4.72 Å². The van der Waals surface area contributed by atoms with E-state index in [1.807, 2.05) is 4.72 Å². The summed E-state index contributed by atoms with van der Waals surface area (Å²) >= 11 is 5.68. The molecule has 0 aliphatic carbocycles. The van der Waals surface area contributed by atoms with Crippen molar-refractivity contribution >= 4 is 33.7 Å². The topological polar surface area (TPSA) is 104 Å². The average Bonchev–Trinajstić information content (AvgIpc) is 2.35. The minimum Gasteiger partial charge on any atom is -0.479 e. The molecule has 0 unspecified atom stereocenters. The fraction of sp³-hybridized carbons (Fsp3) is 0.182. The van der Waals surface area contributed by atoms with E-state index in [0.717, 1.165) is 5.41 Å². The van der Waals surface area contributed by atoms with E-state index in [1.165, 1.54) is 6.08 Å². The zero-order valence-corrected chi connectivity index (χ0v) is 11.2. The predicted octanol–water partition coefficient (Wildman–Crippen LogP) is 0.676. The van der Waals surface area contributed by atoms with Crippen molar-refractivity contribution in [3.8, 4) is 0 Å². The average molecular weight is 306 g/mol. The van der Waals surface area contributed by atoms with Crippen LogP contribution in [0.5, 0.6) is 0 Å². The van der Waals surface area contributed by atoms with Gasteiger partial charge in [0.1, 0.15) is 0 Å². The van der Waals surface area contributed by atoms with Gasteiger partial charge >= 0.3 is 5.97 Å². The van der Waals surface area contributed by atoms with E-state index >= 15 is 0 Å². The highest BCUT2D eigenvalue weighted by Crippen LogP contribution is 2.11. The first-order valence-electron chi connectivity index (χ1n) is 5.14. The normalized spacial score (nSPS) is 13.6. The van der Waals surface area contributed by atoms with Crippen LogP contribution in [0.1, 0.15) is 5.56 Å². The molecule has 8 heteroatoms. The molecule has 0 fully saturated rings. The van der Waals surface area contributed by atoms with Crippen molar-refractivity contribution in [2.75, 3.05) is 6.54 Å². The van der Waals surface area contributed by atoms with Gasteiger partial charge in [-0.1, -0.05) is 23.7 Å². The summed E-state index contributed by atoms with van der Waals surface area (Å²) in [6.45, 7) is -0.595. The third kappa shape index (κ3) is 5.84. The fourth-order valence-electron chi connectivity index (χ4n) is 1.07. The molecule has 0 bridgehead atoms. The van der Waals surface area contributed by atoms with Gasteiger partial charge < -0.3 is 10.2 Å². The number of aliphatic hydroxyl groups is 1. The van der Waals surface area contributed by atoms with E-state index in [-0.39, 0.29) is 0 Å². The molecular weight excluding hydrogens is 294 g/mol. The number of sulfonamides is 1. The lowest BCUT2D eigenvalue weighted by Gasteiger charge is -2.05. The Kier molecular flexibility index (Phi) is 5.49. The lowest BCUT2D eigenvalue weighted by atomic mass is 10.2. The molecule has 1 aromatic carbocycles. The number of hydrogen-bond acceptors (Lipinski definition) is 4. The van der Waals surface area contributed by atoms with E-state index in [9.17, 15) is 13.2 Å². The third-order valence-electron chi connectivity index (χ3n) is 2.07. The molecule has 0 aliphatic rings. The molecule has 0 amide bonds. The Balaban J connectivity index is 2.64. The first-order chi connectivity index (χ1) is 8.80. The maximum Gasteiger partial charge on any atom is 0.333 e. The number of benzene rings is 1. The maximum absolute atomic E-state index is 11.5. The zero-order valence-electron chi connectivity index (χ0n) is 9.65. The number of carbonyl (C=O) groups is 1. The summed E-state index contributed by atoms with van der Waals surface area (Å²) in [6.07, 6.45) is -0.454. The van der Waals surface area contributed by atoms with Gasteiger partial charge in [0.25, 0.3) is 0 Å². The summed E-state index contributed by atoms with van der Waals surface area (Å²) in [4.78, 5) is 10.3. The van der Waals surface area contributed by atoms with Gasteiger partial charge in [0.2, 0.25) is 10.0 Å². The van der Waals surface area contributed by atoms with Gasteiger partial charge in [-0.25, -0.2) is 17.9 Å². The Bertz CT molecular complexity index is 567. The summed E-state index contributed by atoms with van der Waals surface area (Å²) in [5, 5.41) is 18.7. The number of nitrogens with one attached hydrogen (secondary N) is 1. The van der Waals surface area contributed by atoms with Gasteiger partial charge in [-0.15, -0.1) is 0 Å². The summed E-state index contributed by atoms with van der Waals surface area (Å²) in [6, 6.07) is 6.46. The second kappa shape index (κ2) is 6.67. The van der Waals surface area contributed by atoms with Gasteiger partial charge in [0, 0.05) is 17.0 Å². The summed E-state index contributed by atoms with van der Waals surface area (Å²) < 4.78 is 24.9. The van der Waals surface area contributed by atoms with Gasteiger partial charge in [-0.2, -0.15) is 0 Å². The van der Waals surface area contributed by atoms with Crippen molar-refractivity contribution in [3.63, 3.8) is 0 Å². The van der Waals surface area contributed by atoms with Crippen LogP contribution in [0.4, 0.5) is 0 Å². The second-order valence-corrected chi connectivity index (χ2v) is 5.69. The van der Waals surface area contributed by atoms with E-state index in [1.54, 1.807) is 24.3 Å². The van der Waals surface area contributed by atoms with Crippen LogP contribution in [0.3, 0.4) is 0 Å². The van der Waals surface area contributed by atoms with E-state index in [4.69, 9.17) is 21.8 Å². The van der Waals surface area contributed by atoms with Crippen LogP contribution in [-0.2, 0) is 14.8 Å². The Morgan fingerprint density at radius 1 is 1.37 bits per heavy atom. The molecule has 3 N–H and O–H groups in total. The van der Waals surface area contributed by atoms with Crippen molar-refractivity contribution in [1.29, 1.82) is 0 Å². The quantitative estimate of drug-likeness (QED) is 0.717. The van der Waals surface area contributed by atoms with Crippen LogP contribution in [0.15, 0.2) is 29.7 Å². The van der Waals surface area contributed by atoms with Gasteiger partial charge in [-0.05, 0) is 23.8 Å². The number of carboxylic acid groups (broad SMARTS) is 1. The number of hydrogen-bond donors (Lipinski definition) is 3. The number of halogens is 1. The number of rotatable bonds is 6. The van der Waals surface area contributed by atoms with Crippen LogP contribution in [0.25, 0.3) is 6.08 Å². The van der Waals surface area contributed by atoms with Crippen molar-refractivity contribution in [2.24, 2.45) is 0 Å². The summed E-state index contributed by atoms with van der Waals surface area (Å²) in [5.41, 5.74) is 0.619. The molecule has 1 aromatic rings. The van der Waals surface area contributed by atoms with Gasteiger partial charge in [0.05, 0.1) is 0 Å². The highest BCUT2D eigenvalue weighted by Gasteiger charge is 2.15. The molecule has 0 aromatic heterocycles. The minimum absolute atomic E-state index is 0.530. The summed E-state index contributed by atoms with van der Waals surface area (Å²) in [5.74, 6) is -1.50. The molecule has 1 rings (SSSR count). The molecule has 6 nitrogen and oxygen atoms in total. The molecule has 19 heavy (non-hydrogen) atoms. The Morgan fingerprint density at radius 3 is 2.47 bits per heavy atom. The monoisotopic (exact) mass is 305 g/mol. The molecule has 0 radical (unpaired) electrons. The largest absolute Gasteiger partial charge is 0.479 e. The lowest BCUT2D eigenvalue weighted by molar-refractivity contribution is -0.146. The smallest absolute Gasteiger partial charge is 0.333 e. The maximum atomic E-state index is 11.5. The third-order valence-corrected chi connectivity index (χ3v) is 3.39. The first kappa shape index (κ1) is 15.6. The first-order valence-corrected chi connectivity index (χ1v) is 7.07. The Labute approximate surface area is 115 Å². The predicted molar refractivity (Wildman–Crippen MR) is 71.1 cm³/mol. The van der Waals surface area contributed by atoms with Crippen LogP contribution in [0, 0.1) is 0 Å². The minimum atomic E-state index is -3.81. The Hall–Kier alpha value is -1.41. The molecule has 0 saturated heterocycles. The molecule has 1 atom stereocenters. The number of aliphatic carboxylic acids is 1. The van der Waals surface area contributed by atoms with Crippen molar-refractivity contribution in [1.82, 2.24) is 4.72 Å². The van der Waals surface area contributed by atoms with Crippen molar-refractivity contribution in [3.05, 3.63) is 40.3 Å². The van der Waals surface area contributed by atoms with E-state index < -0.39 is 28.6 Å². The van der Waals surface area contributed by atoms with Crippen LogP contribution in [-0.4, -0.2) is 37.2 Å². The molecule has 0 heterocycles. The SMILES string of the molecule is O=C(O)[C@@H](O)CNS(=O)(=O)/C=C/c1ccc(Cl)cc1. The summed E-state index contributed by atoms with van der Waals surface area (Å²) in [7, 11) is -3.81. The lowest BCUT2D eigenvalue weighted by Crippen LogP contribution is -2.35. The van der Waals surface area contributed by atoms with Crippen molar-refractivity contribution in [2.45, 2.75) is 6.10 Å². The molecular formula is C11H12ClNO5S. The van der Waals surface area contributed by atoms with E-state index in [2.05, 4.69) is 0 Å². The highest BCUT2D eigenvalue weighted by molar-refractivity contribution is 7.92. The number of carboxylic acids is 1. The molecule has 0 saturated carbocycles. The second-order valence-electron chi connectivity index (χ2n) is 3.60. The Morgan fingerprint density at radius 2 is 1.95 bits per heavy atom. The highest BCUT2D eigenvalue weighted by atomic mass is 35.5. The number of aliphatic hydroxyl groups excluding tert-OH is 1. The van der Waals surface area contributed by atoms with Crippen LogP contribution in [0.2, 0.25) is 5.02 Å². The molecule has 0 spiro atoms. The van der Waals surface area contributed by atoms with Gasteiger partial charge in [0.15, 0.2) is 6.10 Å². The van der Waals surface area contributed by atoms with E-state index in [0.29, 0.717) is 10.6 Å². The van der Waals surface area contributed by atoms with Gasteiger partial charge in [-0.3, -0.25) is 0 Å². The van der Waals surface area contributed by atoms with Crippen molar-refractivity contribution < 1.29 is 23.4 Å². The zero-order chi connectivity index (χ0) is 14.5.